The third kappa shape index (κ3) is 2.38. The summed E-state index contributed by atoms with van der Waals surface area (Å²) < 4.78 is 13.6. The van der Waals surface area contributed by atoms with Crippen LogP contribution in [0.5, 0.6) is 0 Å². The summed E-state index contributed by atoms with van der Waals surface area (Å²) >= 11 is 0. The Bertz CT molecular complexity index is 640. The minimum Gasteiger partial charge on any atom is -0.363 e. The Hall–Kier alpha value is -1.97. The Labute approximate surface area is 118 Å². The van der Waals surface area contributed by atoms with Gasteiger partial charge in [-0.15, -0.1) is 0 Å². The van der Waals surface area contributed by atoms with Crippen molar-refractivity contribution in [3.05, 3.63) is 52.7 Å². The average molecular weight is 271 g/mol. The topological polar surface area (TPSA) is 37.8 Å². The molecular weight excluding hydrogens is 253 g/mol. The largest absolute Gasteiger partial charge is 0.363 e. The first-order valence-corrected chi connectivity index (χ1v) is 7.00. The van der Waals surface area contributed by atoms with E-state index in [4.69, 9.17) is 0 Å². The Morgan fingerprint density at radius 1 is 1.25 bits per heavy atom. The van der Waals surface area contributed by atoms with Crippen molar-refractivity contribution in [2.75, 3.05) is 5.32 Å². The Morgan fingerprint density at radius 3 is 2.90 bits per heavy atom. The van der Waals surface area contributed by atoms with Gasteiger partial charge in [0.15, 0.2) is 0 Å². The van der Waals surface area contributed by atoms with Crippen LogP contribution in [0.1, 0.15) is 41.8 Å². The smallest absolute Gasteiger partial charge is 0.133 e. The molecule has 1 heterocycles. The monoisotopic (exact) mass is 271 g/mol. The molecule has 20 heavy (non-hydrogen) atoms. The number of rotatable bonds is 3. The molecule has 0 fully saturated rings. The molecule has 0 bridgehead atoms. The molecule has 3 nitrogen and oxygen atoms in total. The van der Waals surface area contributed by atoms with E-state index in [0.29, 0.717) is 5.56 Å². The lowest BCUT2D eigenvalue weighted by Gasteiger charge is -2.17. The molecule has 0 saturated carbocycles. The first kappa shape index (κ1) is 13.0. The summed E-state index contributed by atoms with van der Waals surface area (Å²) in [5.41, 5.74) is 3.96. The quantitative estimate of drug-likeness (QED) is 0.927. The van der Waals surface area contributed by atoms with Crippen LogP contribution in [0.25, 0.3) is 0 Å². The van der Waals surface area contributed by atoms with E-state index in [0.717, 1.165) is 36.3 Å². The molecule has 1 unspecified atom stereocenters. The maximum absolute atomic E-state index is 13.6. The van der Waals surface area contributed by atoms with Crippen molar-refractivity contribution in [3.8, 4) is 0 Å². The van der Waals surface area contributed by atoms with E-state index < -0.39 is 0 Å². The van der Waals surface area contributed by atoms with Gasteiger partial charge in [0.25, 0.3) is 0 Å². The molecule has 1 aliphatic carbocycles. The number of nitrogens with one attached hydrogen (secondary N) is 1. The Kier molecular flexibility index (Phi) is 3.38. The van der Waals surface area contributed by atoms with Gasteiger partial charge in [-0.2, -0.15) is 0 Å². The summed E-state index contributed by atoms with van der Waals surface area (Å²) in [7, 11) is 0. The third-order valence-corrected chi connectivity index (χ3v) is 3.92. The molecular formula is C16H18FN3. The van der Waals surface area contributed by atoms with Crippen LogP contribution >= 0.6 is 0 Å². The van der Waals surface area contributed by atoms with Crippen molar-refractivity contribution >= 4 is 5.82 Å². The van der Waals surface area contributed by atoms with Crippen molar-refractivity contribution in [2.45, 2.75) is 39.2 Å². The molecule has 104 valence electrons. The van der Waals surface area contributed by atoms with Gasteiger partial charge in [-0.05, 0) is 50.3 Å². The molecule has 0 spiro atoms. The number of halogens is 1. The lowest BCUT2D eigenvalue weighted by atomic mass is 10.1. The van der Waals surface area contributed by atoms with E-state index in [-0.39, 0.29) is 11.9 Å². The molecule has 1 atom stereocenters. The van der Waals surface area contributed by atoms with Gasteiger partial charge in [0.05, 0.1) is 6.04 Å². The van der Waals surface area contributed by atoms with Crippen LogP contribution < -0.4 is 5.32 Å². The maximum atomic E-state index is 13.6. The highest BCUT2D eigenvalue weighted by Crippen LogP contribution is 2.28. The summed E-state index contributed by atoms with van der Waals surface area (Å²) in [6.45, 7) is 3.79. The van der Waals surface area contributed by atoms with Crippen LogP contribution in [-0.4, -0.2) is 9.97 Å². The molecule has 1 aliphatic rings. The minimum absolute atomic E-state index is 0.0182. The van der Waals surface area contributed by atoms with Crippen LogP contribution in [0.2, 0.25) is 0 Å². The van der Waals surface area contributed by atoms with Crippen LogP contribution in [0, 0.1) is 12.7 Å². The minimum atomic E-state index is -0.163. The van der Waals surface area contributed by atoms with E-state index in [1.54, 1.807) is 19.3 Å². The summed E-state index contributed by atoms with van der Waals surface area (Å²) in [4.78, 5) is 8.65. The fourth-order valence-electron chi connectivity index (χ4n) is 2.65. The number of hydrogen-bond donors (Lipinski definition) is 1. The van der Waals surface area contributed by atoms with Crippen LogP contribution in [-0.2, 0) is 12.8 Å². The average Bonchev–Trinajstić information content (AvgIpc) is 2.91. The SMILES string of the molecule is Cc1ccc(C(C)Nc2ncnc3c2CCC3)cc1F. The van der Waals surface area contributed by atoms with Gasteiger partial charge in [-0.3, -0.25) is 0 Å². The van der Waals surface area contributed by atoms with E-state index in [2.05, 4.69) is 15.3 Å². The second-order valence-corrected chi connectivity index (χ2v) is 5.38. The molecule has 2 aromatic rings. The van der Waals surface area contributed by atoms with E-state index in [1.165, 1.54) is 5.56 Å². The summed E-state index contributed by atoms with van der Waals surface area (Å²) in [6.07, 6.45) is 4.79. The van der Waals surface area contributed by atoms with Gasteiger partial charge < -0.3 is 5.32 Å². The number of fused-ring (bicyclic) bond motifs is 1. The molecule has 1 aromatic carbocycles. The van der Waals surface area contributed by atoms with Crippen molar-refractivity contribution in [1.82, 2.24) is 9.97 Å². The van der Waals surface area contributed by atoms with Crippen molar-refractivity contribution in [3.63, 3.8) is 0 Å². The van der Waals surface area contributed by atoms with Gasteiger partial charge in [-0.25, -0.2) is 14.4 Å². The standard InChI is InChI=1S/C16H18FN3/c1-10-6-7-12(8-14(10)17)11(2)20-16-13-4-3-5-15(13)18-9-19-16/h6-9,11H,3-5H2,1-2H3,(H,18,19,20). The number of hydrogen-bond acceptors (Lipinski definition) is 3. The molecule has 4 heteroatoms. The molecule has 0 saturated heterocycles. The predicted octanol–water partition coefficient (Wildman–Crippen LogP) is 3.59. The first-order valence-electron chi connectivity index (χ1n) is 7.00. The van der Waals surface area contributed by atoms with Gasteiger partial charge >= 0.3 is 0 Å². The van der Waals surface area contributed by atoms with Crippen molar-refractivity contribution in [2.24, 2.45) is 0 Å². The fraction of sp³-hybridized carbons (Fsp3) is 0.375. The molecule has 3 rings (SSSR count). The summed E-state index contributed by atoms with van der Waals surface area (Å²) in [5, 5.41) is 3.39. The number of benzene rings is 1. The zero-order valence-corrected chi connectivity index (χ0v) is 11.8. The molecule has 0 radical (unpaired) electrons. The van der Waals surface area contributed by atoms with Crippen LogP contribution in [0.3, 0.4) is 0 Å². The molecule has 0 aliphatic heterocycles. The van der Waals surface area contributed by atoms with Gasteiger partial charge in [-0.1, -0.05) is 12.1 Å². The highest BCUT2D eigenvalue weighted by molar-refractivity contribution is 5.49. The van der Waals surface area contributed by atoms with Crippen LogP contribution in [0.4, 0.5) is 10.2 Å². The maximum Gasteiger partial charge on any atom is 0.133 e. The highest BCUT2D eigenvalue weighted by atomic mass is 19.1. The van der Waals surface area contributed by atoms with Crippen molar-refractivity contribution < 1.29 is 4.39 Å². The summed E-state index contributed by atoms with van der Waals surface area (Å²) in [6, 6.07) is 5.38. The van der Waals surface area contributed by atoms with Crippen LogP contribution in [0.15, 0.2) is 24.5 Å². The van der Waals surface area contributed by atoms with Crippen molar-refractivity contribution in [1.29, 1.82) is 0 Å². The Morgan fingerprint density at radius 2 is 2.10 bits per heavy atom. The van der Waals surface area contributed by atoms with E-state index >= 15 is 0 Å². The first-order chi connectivity index (χ1) is 9.65. The third-order valence-electron chi connectivity index (χ3n) is 3.92. The highest BCUT2D eigenvalue weighted by Gasteiger charge is 2.18. The number of aromatic nitrogens is 2. The second-order valence-electron chi connectivity index (χ2n) is 5.38. The molecule has 0 amide bonds. The second kappa shape index (κ2) is 5.19. The van der Waals surface area contributed by atoms with Gasteiger partial charge in [0.2, 0.25) is 0 Å². The molecule has 1 N–H and O–H groups in total. The zero-order chi connectivity index (χ0) is 14.1. The van der Waals surface area contributed by atoms with E-state index in [1.807, 2.05) is 19.1 Å². The van der Waals surface area contributed by atoms with Gasteiger partial charge in [0, 0.05) is 11.3 Å². The summed E-state index contributed by atoms with van der Waals surface area (Å²) in [5.74, 6) is 0.727. The fourth-order valence-corrected chi connectivity index (χ4v) is 2.65. The number of nitrogens with zero attached hydrogens (tertiary/aromatic N) is 2. The lowest BCUT2D eigenvalue weighted by molar-refractivity contribution is 0.614. The molecule has 1 aromatic heterocycles. The Balaban J connectivity index is 1.84. The number of aryl methyl sites for hydroxylation is 2. The number of anilines is 1. The lowest BCUT2D eigenvalue weighted by Crippen LogP contribution is -2.11. The predicted molar refractivity (Wildman–Crippen MR) is 77.2 cm³/mol. The van der Waals surface area contributed by atoms with E-state index in [9.17, 15) is 4.39 Å². The zero-order valence-electron chi connectivity index (χ0n) is 11.8. The normalized spacial score (nSPS) is 14.9. The van der Waals surface area contributed by atoms with Gasteiger partial charge in [0.1, 0.15) is 18.0 Å².